The third-order valence-electron chi connectivity index (χ3n) is 4.40. The molecule has 2 N–H and O–H groups in total. The highest BCUT2D eigenvalue weighted by Crippen LogP contribution is 2.27. The molecule has 0 fully saturated rings. The smallest absolute Gasteiger partial charge is 0.308 e. The Morgan fingerprint density at radius 2 is 1.12 bits per heavy atom. The number of carbonyl (C=O) groups is 3. The number of para-hydroxylation sites is 4. The number of carbonyl (C=O) groups excluding carboxylic acids is 3. The van der Waals surface area contributed by atoms with Crippen molar-refractivity contribution >= 4 is 29.2 Å². The van der Waals surface area contributed by atoms with E-state index in [1.165, 1.54) is 39.3 Å². The first-order chi connectivity index (χ1) is 15.4. The number of ether oxygens (including phenoxy) is 3. The molecule has 164 valence electrons. The first-order valence-corrected chi connectivity index (χ1v) is 9.63. The van der Waals surface area contributed by atoms with E-state index in [1.807, 2.05) is 0 Å². The van der Waals surface area contributed by atoms with Crippen LogP contribution >= 0.6 is 0 Å². The van der Waals surface area contributed by atoms with Crippen LogP contribution in [0.2, 0.25) is 0 Å². The van der Waals surface area contributed by atoms with Gasteiger partial charge in [0.15, 0.2) is 0 Å². The quantitative estimate of drug-likeness (QED) is 0.428. The molecule has 0 bridgehead atoms. The summed E-state index contributed by atoms with van der Waals surface area (Å²) in [5, 5.41) is 5.47. The molecular weight excluding hydrogens is 412 g/mol. The van der Waals surface area contributed by atoms with Crippen molar-refractivity contribution in [2.45, 2.75) is 6.92 Å². The molecule has 3 rings (SSSR count). The molecular formula is C24H22N2O6. The lowest BCUT2D eigenvalue weighted by atomic mass is 10.1. The molecule has 3 aromatic rings. The minimum Gasteiger partial charge on any atom is -0.495 e. The van der Waals surface area contributed by atoms with Crippen molar-refractivity contribution in [2.24, 2.45) is 0 Å². The van der Waals surface area contributed by atoms with Crippen LogP contribution in [-0.2, 0) is 4.79 Å². The first kappa shape index (κ1) is 22.4. The predicted molar refractivity (Wildman–Crippen MR) is 120 cm³/mol. The van der Waals surface area contributed by atoms with E-state index in [-0.39, 0.29) is 16.9 Å². The topological polar surface area (TPSA) is 103 Å². The van der Waals surface area contributed by atoms with Crippen molar-refractivity contribution in [1.29, 1.82) is 0 Å². The van der Waals surface area contributed by atoms with Gasteiger partial charge in [0, 0.05) is 18.1 Å². The van der Waals surface area contributed by atoms with Crippen molar-refractivity contribution in [3.05, 3.63) is 77.9 Å². The second-order valence-corrected chi connectivity index (χ2v) is 6.65. The average molecular weight is 434 g/mol. The van der Waals surface area contributed by atoms with Crippen molar-refractivity contribution in [2.75, 3.05) is 24.9 Å². The summed E-state index contributed by atoms with van der Waals surface area (Å²) in [4.78, 5) is 37.3. The number of anilines is 2. The van der Waals surface area contributed by atoms with Gasteiger partial charge in [-0.25, -0.2) is 0 Å². The van der Waals surface area contributed by atoms with Crippen LogP contribution in [0.1, 0.15) is 27.6 Å². The Bertz CT molecular complexity index is 1080. The number of benzene rings is 3. The number of rotatable bonds is 7. The first-order valence-electron chi connectivity index (χ1n) is 9.63. The summed E-state index contributed by atoms with van der Waals surface area (Å²) >= 11 is 0. The van der Waals surface area contributed by atoms with Crippen molar-refractivity contribution in [3.8, 4) is 17.2 Å². The van der Waals surface area contributed by atoms with Crippen LogP contribution < -0.4 is 24.8 Å². The van der Waals surface area contributed by atoms with E-state index in [0.29, 0.717) is 22.9 Å². The van der Waals surface area contributed by atoms with Gasteiger partial charge < -0.3 is 24.8 Å². The largest absolute Gasteiger partial charge is 0.495 e. The monoisotopic (exact) mass is 434 g/mol. The summed E-state index contributed by atoms with van der Waals surface area (Å²) in [5.74, 6) is -0.569. The third kappa shape index (κ3) is 5.42. The Balaban J connectivity index is 1.93. The fourth-order valence-electron chi connectivity index (χ4n) is 2.97. The number of amides is 2. The van der Waals surface area contributed by atoms with Crippen LogP contribution in [0.4, 0.5) is 11.4 Å². The van der Waals surface area contributed by atoms with E-state index >= 15 is 0 Å². The standard InChI is InChI=1S/C24H22N2O6/c1-15(27)32-18-13-16(23(28)25-19-8-4-6-10-21(19)30-2)12-17(14-18)24(29)26-20-9-5-7-11-22(20)31-3/h4-14H,1-3H3,(H,25,28)(H,26,29). The lowest BCUT2D eigenvalue weighted by molar-refractivity contribution is -0.131. The molecule has 0 spiro atoms. The fourth-order valence-corrected chi connectivity index (χ4v) is 2.97. The molecule has 0 aromatic heterocycles. The van der Waals surface area contributed by atoms with Gasteiger partial charge in [0.25, 0.3) is 11.8 Å². The summed E-state index contributed by atoms with van der Waals surface area (Å²) in [6, 6.07) is 18.0. The number of methoxy groups -OCH3 is 2. The van der Waals surface area contributed by atoms with Crippen molar-refractivity contribution < 1.29 is 28.6 Å². The number of esters is 1. The molecule has 0 aliphatic heterocycles. The molecule has 2 amide bonds. The second kappa shape index (κ2) is 10.1. The summed E-state index contributed by atoms with van der Waals surface area (Å²) in [5.41, 5.74) is 1.16. The van der Waals surface area contributed by atoms with Crippen LogP contribution in [0.25, 0.3) is 0 Å². The molecule has 0 saturated heterocycles. The van der Waals surface area contributed by atoms with Gasteiger partial charge in [-0.3, -0.25) is 14.4 Å². The van der Waals surface area contributed by atoms with Gasteiger partial charge in [-0.05, 0) is 42.5 Å². The molecule has 8 heteroatoms. The highest BCUT2D eigenvalue weighted by Gasteiger charge is 2.17. The van der Waals surface area contributed by atoms with E-state index in [9.17, 15) is 14.4 Å². The zero-order chi connectivity index (χ0) is 23.1. The summed E-state index contributed by atoms with van der Waals surface area (Å²) < 4.78 is 15.6. The molecule has 0 saturated carbocycles. The Kier molecular flexibility index (Phi) is 7.07. The molecule has 3 aromatic carbocycles. The van der Waals surface area contributed by atoms with Gasteiger partial charge in [0.1, 0.15) is 17.2 Å². The van der Waals surface area contributed by atoms with Crippen LogP contribution in [-0.4, -0.2) is 32.0 Å². The SMILES string of the molecule is COc1ccccc1NC(=O)c1cc(OC(C)=O)cc(C(=O)Nc2ccccc2OC)c1. The highest BCUT2D eigenvalue weighted by molar-refractivity contribution is 6.10. The lowest BCUT2D eigenvalue weighted by Gasteiger charge is -2.13. The minimum atomic E-state index is -0.580. The molecule has 0 unspecified atom stereocenters. The van der Waals surface area contributed by atoms with Crippen LogP contribution in [0.3, 0.4) is 0 Å². The normalized spacial score (nSPS) is 10.1. The Labute approximate surface area is 185 Å². The van der Waals surface area contributed by atoms with Gasteiger partial charge in [0.05, 0.1) is 25.6 Å². The Morgan fingerprint density at radius 3 is 1.53 bits per heavy atom. The zero-order valence-corrected chi connectivity index (χ0v) is 17.8. The van der Waals surface area contributed by atoms with Gasteiger partial charge in [0.2, 0.25) is 0 Å². The maximum atomic E-state index is 12.9. The Hall–Kier alpha value is -4.33. The van der Waals surface area contributed by atoms with E-state index in [4.69, 9.17) is 14.2 Å². The molecule has 0 atom stereocenters. The van der Waals surface area contributed by atoms with Gasteiger partial charge in [-0.15, -0.1) is 0 Å². The lowest BCUT2D eigenvalue weighted by Crippen LogP contribution is -2.17. The average Bonchev–Trinajstić information content (AvgIpc) is 2.79. The highest BCUT2D eigenvalue weighted by atomic mass is 16.5. The molecule has 0 heterocycles. The maximum absolute atomic E-state index is 12.9. The number of nitrogens with one attached hydrogen (secondary N) is 2. The molecule has 8 nitrogen and oxygen atoms in total. The van der Waals surface area contributed by atoms with E-state index < -0.39 is 17.8 Å². The number of hydrogen-bond acceptors (Lipinski definition) is 6. The van der Waals surface area contributed by atoms with E-state index in [1.54, 1.807) is 48.5 Å². The predicted octanol–water partition coefficient (Wildman–Crippen LogP) is 4.13. The molecule has 0 aliphatic rings. The fraction of sp³-hybridized carbons (Fsp3) is 0.125. The third-order valence-corrected chi connectivity index (χ3v) is 4.40. The molecule has 32 heavy (non-hydrogen) atoms. The number of hydrogen-bond donors (Lipinski definition) is 2. The summed E-state index contributed by atoms with van der Waals surface area (Å²) in [6.07, 6.45) is 0. The van der Waals surface area contributed by atoms with Gasteiger partial charge >= 0.3 is 5.97 Å². The second-order valence-electron chi connectivity index (χ2n) is 6.65. The molecule has 0 aliphatic carbocycles. The molecule has 0 radical (unpaired) electrons. The maximum Gasteiger partial charge on any atom is 0.308 e. The van der Waals surface area contributed by atoms with Crippen molar-refractivity contribution in [1.82, 2.24) is 0 Å². The van der Waals surface area contributed by atoms with Gasteiger partial charge in [-0.1, -0.05) is 24.3 Å². The van der Waals surface area contributed by atoms with Crippen LogP contribution in [0, 0.1) is 0 Å². The Morgan fingerprint density at radius 1 is 0.688 bits per heavy atom. The van der Waals surface area contributed by atoms with Crippen molar-refractivity contribution in [3.63, 3.8) is 0 Å². The van der Waals surface area contributed by atoms with E-state index in [0.717, 1.165) is 0 Å². The minimum absolute atomic E-state index is 0.0651. The van der Waals surface area contributed by atoms with Crippen LogP contribution in [0.5, 0.6) is 17.2 Å². The van der Waals surface area contributed by atoms with Crippen LogP contribution in [0.15, 0.2) is 66.7 Å². The summed E-state index contributed by atoms with van der Waals surface area (Å²) in [6.45, 7) is 1.23. The zero-order valence-electron chi connectivity index (χ0n) is 17.8. The summed E-state index contributed by atoms with van der Waals surface area (Å²) in [7, 11) is 2.99. The van der Waals surface area contributed by atoms with E-state index in [2.05, 4.69) is 10.6 Å². The van der Waals surface area contributed by atoms with Gasteiger partial charge in [-0.2, -0.15) is 0 Å².